The molecule has 0 unspecified atom stereocenters. The normalized spacial score (nSPS) is 14.4. The molecule has 1 aliphatic heterocycles. The summed E-state index contributed by atoms with van der Waals surface area (Å²) in [5.74, 6) is 0.720. The molecule has 0 amide bonds. The Hall–Kier alpha value is -3.85. The summed E-state index contributed by atoms with van der Waals surface area (Å²) in [7, 11) is 0. The molecule has 3 heterocycles. The topological polar surface area (TPSA) is 106 Å². The number of nitrogens with zero attached hydrogens (tertiary/aromatic N) is 5. The van der Waals surface area contributed by atoms with Gasteiger partial charge in [-0.05, 0) is 50.2 Å². The number of benzene rings is 2. The van der Waals surface area contributed by atoms with E-state index in [1.54, 1.807) is 12.3 Å². The van der Waals surface area contributed by atoms with Crippen molar-refractivity contribution in [1.29, 1.82) is 0 Å². The molecule has 0 aliphatic carbocycles. The molecule has 1 fully saturated rings. The molecule has 0 bridgehead atoms. The third kappa shape index (κ3) is 4.68. The molecule has 9 nitrogen and oxygen atoms in total. The number of fused-ring (bicyclic) bond motifs is 2. The SMILES string of the molecule is O=[N+]([O-])c1cc2c(Nc3ccc4ncccc4c3)ncnc2cc1OCCN1CCCCC1. The van der Waals surface area contributed by atoms with Crippen LogP contribution in [-0.2, 0) is 0 Å². The van der Waals surface area contributed by atoms with Crippen LogP contribution >= 0.6 is 0 Å². The van der Waals surface area contributed by atoms with Crippen molar-refractivity contribution in [2.24, 2.45) is 0 Å². The highest BCUT2D eigenvalue weighted by molar-refractivity contribution is 5.94. The monoisotopic (exact) mass is 444 g/mol. The summed E-state index contributed by atoms with van der Waals surface area (Å²) in [6.45, 7) is 3.25. The number of pyridine rings is 1. The Kier molecular flexibility index (Phi) is 5.95. The highest BCUT2D eigenvalue weighted by Crippen LogP contribution is 2.35. The number of aromatic nitrogens is 3. The lowest BCUT2D eigenvalue weighted by atomic mass is 10.1. The van der Waals surface area contributed by atoms with E-state index in [1.165, 1.54) is 31.7 Å². The van der Waals surface area contributed by atoms with Crippen molar-refractivity contribution in [3.63, 3.8) is 0 Å². The number of nitro groups is 1. The number of rotatable bonds is 7. The zero-order valence-electron chi connectivity index (χ0n) is 18.1. The van der Waals surface area contributed by atoms with E-state index in [-0.39, 0.29) is 11.4 Å². The van der Waals surface area contributed by atoms with E-state index < -0.39 is 4.92 Å². The maximum atomic E-state index is 11.8. The summed E-state index contributed by atoms with van der Waals surface area (Å²) < 4.78 is 5.84. The largest absolute Gasteiger partial charge is 0.485 e. The highest BCUT2D eigenvalue weighted by Gasteiger charge is 2.20. The van der Waals surface area contributed by atoms with Crippen molar-refractivity contribution in [1.82, 2.24) is 19.9 Å². The highest BCUT2D eigenvalue weighted by atomic mass is 16.6. The second-order valence-corrected chi connectivity index (χ2v) is 8.10. The molecule has 0 spiro atoms. The number of nitro benzene ring substituents is 1. The van der Waals surface area contributed by atoms with Gasteiger partial charge in [0.15, 0.2) is 5.75 Å². The Labute approximate surface area is 190 Å². The van der Waals surface area contributed by atoms with Crippen molar-refractivity contribution in [2.45, 2.75) is 19.3 Å². The van der Waals surface area contributed by atoms with Crippen LogP contribution in [0.1, 0.15) is 19.3 Å². The lowest BCUT2D eigenvalue weighted by Crippen LogP contribution is -2.33. The van der Waals surface area contributed by atoms with E-state index in [1.807, 2.05) is 30.3 Å². The molecule has 0 saturated carbocycles. The quantitative estimate of drug-likeness (QED) is 0.323. The fourth-order valence-electron chi connectivity index (χ4n) is 4.19. The van der Waals surface area contributed by atoms with E-state index in [9.17, 15) is 10.1 Å². The van der Waals surface area contributed by atoms with Crippen LogP contribution in [0, 0.1) is 10.1 Å². The summed E-state index contributed by atoms with van der Waals surface area (Å²) >= 11 is 0. The first-order valence-corrected chi connectivity index (χ1v) is 11.1. The standard InChI is InChI=1S/C24H24N6O3/c31-30(32)22-14-19-21(15-23(22)33-12-11-29-9-2-1-3-10-29)26-16-27-24(19)28-18-6-7-20-17(13-18)5-4-8-25-20/h4-8,13-16H,1-3,9-12H2,(H,26,27,28). The molecule has 33 heavy (non-hydrogen) atoms. The minimum Gasteiger partial charge on any atom is -0.485 e. The van der Waals surface area contributed by atoms with Gasteiger partial charge in [-0.25, -0.2) is 9.97 Å². The third-order valence-electron chi connectivity index (χ3n) is 5.89. The van der Waals surface area contributed by atoms with Crippen LogP contribution < -0.4 is 10.1 Å². The van der Waals surface area contributed by atoms with Crippen LogP contribution in [0.25, 0.3) is 21.8 Å². The second kappa shape index (κ2) is 9.33. The van der Waals surface area contributed by atoms with Gasteiger partial charge in [0.2, 0.25) is 0 Å². The predicted octanol–water partition coefficient (Wildman–Crippen LogP) is 4.69. The molecule has 5 rings (SSSR count). The zero-order chi connectivity index (χ0) is 22.6. The van der Waals surface area contributed by atoms with E-state index >= 15 is 0 Å². The Morgan fingerprint density at radius 1 is 1.03 bits per heavy atom. The first-order chi connectivity index (χ1) is 16.2. The molecule has 0 atom stereocenters. The Morgan fingerprint density at radius 2 is 1.91 bits per heavy atom. The van der Waals surface area contributed by atoms with Crippen molar-refractivity contribution in [3.05, 3.63) is 65.1 Å². The summed E-state index contributed by atoms with van der Waals surface area (Å²) in [6.07, 6.45) is 6.84. The maximum absolute atomic E-state index is 11.8. The van der Waals surface area contributed by atoms with Crippen molar-refractivity contribution < 1.29 is 9.66 Å². The summed E-state index contributed by atoms with van der Waals surface area (Å²) in [5, 5.41) is 16.6. The fourth-order valence-corrected chi connectivity index (χ4v) is 4.19. The molecule has 2 aromatic carbocycles. The average molecular weight is 444 g/mol. The second-order valence-electron chi connectivity index (χ2n) is 8.10. The molecule has 9 heteroatoms. The molecule has 1 saturated heterocycles. The van der Waals surface area contributed by atoms with Gasteiger partial charge in [-0.2, -0.15) is 0 Å². The van der Waals surface area contributed by atoms with Crippen molar-refractivity contribution in [2.75, 3.05) is 31.6 Å². The predicted molar refractivity (Wildman–Crippen MR) is 127 cm³/mol. The lowest BCUT2D eigenvalue weighted by molar-refractivity contribution is -0.385. The van der Waals surface area contributed by atoms with E-state index in [0.29, 0.717) is 23.3 Å². The van der Waals surface area contributed by atoms with Crippen molar-refractivity contribution >= 4 is 39.0 Å². The van der Waals surface area contributed by atoms with Crippen LogP contribution in [0.5, 0.6) is 5.75 Å². The number of anilines is 2. The number of likely N-dealkylation sites (tertiary alicyclic amines) is 1. The molecular weight excluding hydrogens is 420 g/mol. The van der Waals surface area contributed by atoms with Gasteiger partial charge in [0.25, 0.3) is 0 Å². The minimum absolute atomic E-state index is 0.0956. The van der Waals surface area contributed by atoms with E-state index in [4.69, 9.17) is 4.74 Å². The first-order valence-electron chi connectivity index (χ1n) is 11.1. The Balaban J connectivity index is 1.41. The number of piperidine rings is 1. The molecule has 4 aromatic rings. The summed E-state index contributed by atoms with van der Waals surface area (Å²) in [6, 6.07) is 12.7. The minimum atomic E-state index is -0.422. The van der Waals surface area contributed by atoms with Gasteiger partial charge in [-0.3, -0.25) is 20.0 Å². The number of ether oxygens (including phenoxy) is 1. The maximum Gasteiger partial charge on any atom is 0.311 e. The summed E-state index contributed by atoms with van der Waals surface area (Å²) in [4.78, 5) is 26.7. The van der Waals surface area contributed by atoms with E-state index in [0.717, 1.165) is 36.2 Å². The van der Waals surface area contributed by atoms with Gasteiger partial charge in [0.1, 0.15) is 18.8 Å². The number of hydrogen-bond donors (Lipinski definition) is 1. The van der Waals surface area contributed by atoms with Crippen LogP contribution in [0.15, 0.2) is 55.0 Å². The smallest absolute Gasteiger partial charge is 0.311 e. The number of hydrogen-bond acceptors (Lipinski definition) is 8. The van der Waals surface area contributed by atoms with Gasteiger partial charge < -0.3 is 10.1 Å². The molecule has 0 radical (unpaired) electrons. The molecule has 2 aromatic heterocycles. The van der Waals surface area contributed by atoms with E-state index in [2.05, 4.69) is 25.2 Å². The van der Waals surface area contributed by atoms with Gasteiger partial charge in [-0.15, -0.1) is 0 Å². The molecule has 168 valence electrons. The molecular formula is C24H24N6O3. The molecule has 1 N–H and O–H groups in total. The lowest BCUT2D eigenvalue weighted by Gasteiger charge is -2.26. The summed E-state index contributed by atoms with van der Waals surface area (Å²) in [5.41, 5.74) is 2.17. The zero-order valence-corrected chi connectivity index (χ0v) is 18.1. The van der Waals surface area contributed by atoms with Gasteiger partial charge in [0.05, 0.1) is 21.3 Å². The molecule has 1 aliphatic rings. The Morgan fingerprint density at radius 3 is 2.76 bits per heavy atom. The van der Waals surface area contributed by atoms with Crippen LogP contribution in [0.2, 0.25) is 0 Å². The number of nitrogens with one attached hydrogen (secondary N) is 1. The fraction of sp³-hybridized carbons (Fsp3) is 0.292. The van der Waals surface area contributed by atoms with Gasteiger partial charge >= 0.3 is 5.69 Å². The third-order valence-corrected chi connectivity index (χ3v) is 5.89. The average Bonchev–Trinajstić information content (AvgIpc) is 2.84. The first kappa shape index (κ1) is 21.0. The van der Waals surface area contributed by atoms with Gasteiger partial charge in [-0.1, -0.05) is 12.5 Å². The van der Waals surface area contributed by atoms with Crippen molar-refractivity contribution in [3.8, 4) is 5.75 Å². The van der Waals surface area contributed by atoms with Crippen LogP contribution in [0.3, 0.4) is 0 Å². The van der Waals surface area contributed by atoms with Crippen LogP contribution in [0.4, 0.5) is 17.2 Å². The van der Waals surface area contributed by atoms with Gasteiger partial charge in [0, 0.05) is 35.9 Å². The van der Waals surface area contributed by atoms with Crippen LogP contribution in [-0.4, -0.2) is 51.0 Å². The Bertz CT molecular complexity index is 1310.